The zero-order chi connectivity index (χ0) is 13.0. The number of rotatable bonds is 3. The molecule has 1 rings (SSSR count). The number of carbonyl (C=O) groups is 1. The van der Waals surface area contributed by atoms with Gasteiger partial charge in [0, 0.05) is 6.07 Å². The van der Waals surface area contributed by atoms with Gasteiger partial charge in [0.15, 0.2) is 0 Å². The SMILES string of the molecule is CC(C)C(C#N)C(=O)Nc1cc(F)ccc1F. The van der Waals surface area contributed by atoms with Crippen molar-refractivity contribution >= 4 is 11.6 Å². The molecule has 1 aromatic rings. The third kappa shape index (κ3) is 3.25. The fourth-order valence-electron chi connectivity index (χ4n) is 1.31. The number of anilines is 1. The van der Waals surface area contributed by atoms with E-state index in [0.29, 0.717) is 0 Å². The van der Waals surface area contributed by atoms with E-state index in [4.69, 9.17) is 5.26 Å². The van der Waals surface area contributed by atoms with Crippen molar-refractivity contribution in [1.82, 2.24) is 0 Å². The third-order valence-corrected chi connectivity index (χ3v) is 2.27. The van der Waals surface area contributed by atoms with Crippen molar-refractivity contribution in [2.24, 2.45) is 11.8 Å². The van der Waals surface area contributed by atoms with Crippen molar-refractivity contribution in [3.63, 3.8) is 0 Å². The van der Waals surface area contributed by atoms with Gasteiger partial charge in [-0.1, -0.05) is 13.8 Å². The van der Waals surface area contributed by atoms with Crippen LogP contribution in [0.1, 0.15) is 13.8 Å². The minimum Gasteiger partial charge on any atom is -0.322 e. The number of amides is 1. The van der Waals surface area contributed by atoms with Crippen LogP contribution >= 0.6 is 0 Å². The molecule has 0 radical (unpaired) electrons. The highest BCUT2D eigenvalue weighted by atomic mass is 19.1. The van der Waals surface area contributed by atoms with E-state index in [0.717, 1.165) is 18.2 Å². The lowest BCUT2D eigenvalue weighted by Crippen LogP contribution is -2.26. The molecular weight excluding hydrogens is 226 g/mol. The molecule has 0 aromatic heterocycles. The smallest absolute Gasteiger partial charge is 0.242 e. The van der Waals surface area contributed by atoms with Gasteiger partial charge in [-0.2, -0.15) is 5.26 Å². The van der Waals surface area contributed by atoms with E-state index < -0.39 is 23.5 Å². The van der Waals surface area contributed by atoms with E-state index in [-0.39, 0.29) is 11.6 Å². The molecule has 1 amide bonds. The maximum atomic E-state index is 13.2. The second kappa shape index (κ2) is 5.39. The third-order valence-electron chi connectivity index (χ3n) is 2.27. The van der Waals surface area contributed by atoms with Crippen LogP contribution in [0.2, 0.25) is 0 Å². The highest BCUT2D eigenvalue weighted by molar-refractivity contribution is 5.94. The topological polar surface area (TPSA) is 52.9 Å². The number of hydrogen-bond donors (Lipinski definition) is 1. The highest BCUT2D eigenvalue weighted by Crippen LogP contribution is 2.18. The summed E-state index contributed by atoms with van der Waals surface area (Å²) in [7, 11) is 0. The molecule has 0 bridgehead atoms. The average molecular weight is 238 g/mol. The van der Waals surface area contributed by atoms with Crippen LogP contribution in [-0.2, 0) is 4.79 Å². The van der Waals surface area contributed by atoms with Crippen LogP contribution in [0, 0.1) is 34.8 Å². The zero-order valence-electron chi connectivity index (χ0n) is 9.50. The highest BCUT2D eigenvalue weighted by Gasteiger charge is 2.22. The first-order valence-electron chi connectivity index (χ1n) is 5.11. The standard InChI is InChI=1S/C12H12F2N2O/c1-7(2)9(6-15)12(17)16-11-5-8(13)3-4-10(11)14/h3-5,7,9H,1-2H3,(H,16,17). The summed E-state index contributed by atoms with van der Waals surface area (Å²) in [5, 5.41) is 11.0. The first-order chi connectivity index (χ1) is 7.95. The molecule has 90 valence electrons. The van der Waals surface area contributed by atoms with Gasteiger partial charge in [-0.3, -0.25) is 4.79 Å². The molecule has 0 spiro atoms. The van der Waals surface area contributed by atoms with Crippen LogP contribution in [0.15, 0.2) is 18.2 Å². The molecule has 3 nitrogen and oxygen atoms in total. The summed E-state index contributed by atoms with van der Waals surface area (Å²) in [4.78, 5) is 11.6. The summed E-state index contributed by atoms with van der Waals surface area (Å²) in [6.45, 7) is 3.41. The molecule has 17 heavy (non-hydrogen) atoms. The van der Waals surface area contributed by atoms with Crippen LogP contribution in [0.3, 0.4) is 0 Å². The van der Waals surface area contributed by atoms with Gasteiger partial charge in [0.05, 0.1) is 11.8 Å². The number of carbonyl (C=O) groups excluding carboxylic acids is 1. The molecule has 0 aliphatic heterocycles. The molecular formula is C12H12F2N2O. The van der Waals surface area contributed by atoms with Gasteiger partial charge < -0.3 is 5.32 Å². The number of halogens is 2. The van der Waals surface area contributed by atoms with E-state index >= 15 is 0 Å². The van der Waals surface area contributed by atoms with Crippen LogP contribution in [-0.4, -0.2) is 5.91 Å². The lowest BCUT2D eigenvalue weighted by Gasteiger charge is -2.13. The number of benzene rings is 1. The fraction of sp³-hybridized carbons (Fsp3) is 0.333. The van der Waals surface area contributed by atoms with E-state index in [9.17, 15) is 13.6 Å². The van der Waals surface area contributed by atoms with Crippen molar-refractivity contribution < 1.29 is 13.6 Å². The molecule has 0 fully saturated rings. The van der Waals surface area contributed by atoms with Crippen LogP contribution in [0.5, 0.6) is 0 Å². The van der Waals surface area contributed by atoms with Crippen molar-refractivity contribution in [2.75, 3.05) is 5.32 Å². The molecule has 0 aliphatic carbocycles. The Morgan fingerprint density at radius 1 is 1.41 bits per heavy atom. The quantitative estimate of drug-likeness (QED) is 0.880. The normalized spacial score (nSPS) is 12.0. The zero-order valence-corrected chi connectivity index (χ0v) is 9.50. The van der Waals surface area contributed by atoms with Gasteiger partial charge in [-0.25, -0.2) is 8.78 Å². The van der Waals surface area contributed by atoms with E-state index in [1.54, 1.807) is 13.8 Å². The minimum atomic E-state index is -0.891. The van der Waals surface area contributed by atoms with Gasteiger partial charge in [0.25, 0.3) is 0 Å². The van der Waals surface area contributed by atoms with E-state index in [1.165, 1.54) is 0 Å². The number of nitriles is 1. The van der Waals surface area contributed by atoms with Gasteiger partial charge in [0.2, 0.25) is 5.91 Å². The number of nitrogens with zero attached hydrogens (tertiary/aromatic N) is 1. The lowest BCUT2D eigenvalue weighted by molar-refractivity contribution is -0.119. The van der Waals surface area contributed by atoms with Gasteiger partial charge in [-0.15, -0.1) is 0 Å². The predicted octanol–water partition coefficient (Wildman–Crippen LogP) is 2.70. The maximum absolute atomic E-state index is 13.2. The Labute approximate surface area is 98.1 Å². The van der Waals surface area contributed by atoms with Gasteiger partial charge in [-0.05, 0) is 18.1 Å². The molecule has 5 heteroatoms. The summed E-state index contributed by atoms with van der Waals surface area (Å²) in [5.41, 5.74) is -0.254. The largest absolute Gasteiger partial charge is 0.322 e. The first kappa shape index (κ1) is 13.1. The monoisotopic (exact) mass is 238 g/mol. The Morgan fingerprint density at radius 3 is 2.59 bits per heavy atom. The van der Waals surface area contributed by atoms with Gasteiger partial charge in [0.1, 0.15) is 17.6 Å². The van der Waals surface area contributed by atoms with E-state index in [2.05, 4.69) is 5.32 Å². The minimum absolute atomic E-state index is 0.198. The summed E-state index contributed by atoms with van der Waals surface area (Å²) in [5.74, 6) is -3.11. The Kier molecular flexibility index (Phi) is 4.16. The molecule has 0 heterocycles. The first-order valence-corrected chi connectivity index (χ1v) is 5.11. The molecule has 1 aromatic carbocycles. The summed E-state index contributed by atoms with van der Waals surface area (Å²) in [6, 6.07) is 4.58. The summed E-state index contributed by atoms with van der Waals surface area (Å²) < 4.78 is 26.1. The van der Waals surface area contributed by atoms with Crippen molar-refractivity contribution in [2.45, 2.75) is 13.8 Å². The molecule has 1 N–H and O–H groups in total. The summed E-state index contributed by atoms with van der Waals surface area (Å²) in [6.07, 6.45) is 0. The Balaban J connectivity index is 2.88. The molecule has 0 aliphatic rings. The summed E-state index contributed by atoms with van der Waals surface area (Å²) >= 11 is 0. The Bertz CT molecular complexity index is 466. The fourth-order valence-corrected chi connectivity index (χ4v) is 1.31. The van der Waals surface area contributed by atoms with Crippen LogP contribution < -0.4 is 5.32 Å². The molecule has 0 saturated heterocycles. The van der Waals surface area contributed by atoms with Gasteiger partial charge >= 0.3 is 0 Å². The van der Waals surface area contributed by atoms with E-state index in [1.807, 2.05) is 6.07 Å². The Morgan fingerprint density at radius 2 is 2.06 bits per heavy atom. The molecule has 0 saturated carbocycles. The average Bonchev–Trinajstić information content (AvgIpc) is 2.24. The predicted molar refractivity (Wildman–Crippen MR) is 58.9 cm³/mol. The second-order valence-electron chi connectivity index (χ2n) is 3.96. The van der Waals surface area contributed by atoms with Crippen LogP contribution in [0.4, 0.5) is 14.5 Å². The number of hydrogen-bond acceptors (Lipinski definition) is 2. The molecule has 1 atom stereocenters. The maximum Gasteiger partial charge on any atom is 0.242 e. The number of nitrogens with one attached hydrogen (secondary N) is 1. The van der Waals surface area contributed by atoms with Crippen molar-refractivity contribution in [3.05, 3.63) is 29.8 Å². The van der Waals surface area contributed by atoms with Crippen molar-refractivity contribution in [1.29, 1.82) is 5.26 Å². The Hall–Kier alpha value is -1.96. The molecule has 1 unspecified atom stereocenters. The van der Waals surface area contributed by atoms with Crippen LogP contribution in [0.25, 0.3) is 0 Å². The van der Waals surface area contributed by atoms with Crippen molar-refractivity contribution in [3.8, 4) is 6.07 Å². The second-order valence-corrected chi connectivity index (χ2v) is 3.96. The lowest BCUT2D eigenvalue weighted by atomic mass is 9.96.